The van der Waals surface area contributed by atoms with E-state index >= 15 is 0 Å². The van der Waals surface area contributed by atoms with Gasteiger partial charge in [-0.3, -0.25) is 14.6 Å². The number of carbonyl (C=O) groups excluding carboxylic acids is 1. The van der Waals surface area contributed by atoms with Crippen molar-refractivity contribution in [3.63, 3.8) is 0 Å². The fourth-order valence-electron chi connectivity index (χ4n) is 3.71. The number of hydrogen-bond acceptors (Lipinski definition) is 6. The number of benzene rings is 1. The van der Waals surface area contributed by atoms with Crippen molar-refractivity contribution in [1.29, 1.82) is 0 Å². The fourth-order valence-corrected chi connectivity index (χ4v) is 3.90. The quantitative estimate of drug-likeness (QED) is 0.771. The largest absolute Gasteiger partial charge is 0.489 e. The third-order valence-electron chi connectivity index (χ3n) is 5.14. The molecular formula is C17H23ClN4O3. The Morgan fingerprint density at radius 1 is 1.24 bits per heavy atom. The van der Waals surface area contributed by atoms with Crippen LogP contribution in [0, 0.1) is 0 Å². The standard InChI is InChI=1S/C17H23ClN4O3/c18-13-8-12(15-16(14(13)19)25-7-1-6-24-15)17(23)20-9-11-10-21-2-4-22(11)5-3-21/h8,11H,1-7,9-10,19H2,(H,20,23). The van der Waals surface area contributed by atoms with E-state index in [2.05, 4.69) is 15.1 Å². The van der Waals surface area contributed by atoms with Crippen LogP contribution in [0.1, 0.15) is 16.8 Å². The van der Waals surface area contributed by atoms with Gasteiger partial charge in [0, 0.05) is 51.7 Å². The zero-order valence-corrected chi connectivity index (χ0v) is 14.8. The highest BCUT2D eigenvalue weighted by atomic mass is 35.5. The molecular weight excluding hydrogens is 344 g/mol. The highest BCUT2D eigenvalue weighted by molar-refractivity contribution is 6.34. The Bertz CT molecular complexity index is 676. The molecule has 1 aromatic carbocycles. The van der Waals surface area contributed by atoms with Crippen molar-refractivity contribution < 1.29 is 14.3 Å². The second-order valence-corrected chi connectivity index (χ2v) is 7.14. The molecule has 3 fully saturated rings. The molecule has 25 heavy (non-hydrogen) atoms. The molecule has 5 rings (SSSR count). The molecule has 1 amide bonds. The lowest BCUT2D eigenvalue weighted by molar-refractivity contribution is 0.0138. The van der Waals surface area contributed by atoms with Crippen LogP contribution in [0.25, 0.3) is 0 Å². The first-order chi connectivity index (χ1) is 12.1. The number of nitrogens with two attached hydrogens (primary N) is 1. The van der Waals surface area contributed by atoms with Crippen LogP contribution in [-0.4, -0.2) is 74.2 Å². The van der Waals surface area contributed by atoms with Crippen molar-refractivity contribution in [2.75, 3.05) is 58.2 Å². The van der Waals surface area contributed by atoms with Crippen LogP contribution >= 0.6 is 11.6 Å². The van der Waals surface area contributed by atoms with Crippen LogP contribution in [0.2, 0.25) is 5.02 Å². The van der Waals surface area contributed by atoms with Gasteiger partial charge in [-0.05, 0) is 6.07 Å². The lowest BCUT2D eigenvalue weighted by Gasteiger charge is -2.47. The smallest absolute Gasteiger partial charge is 0.255 e. The van der Waals surface area contributed by atoms with Gasteiger partial charge in [-0.1, -0.05) is 11.6 Å². The van der Waals surface area contributed by atoms with Crippen LogP contribution in [0.4, 0.5) is 5.69 Å². The SMILES string of the molecule is Nc1c(Cl)cc(C(=O)NCC2CN3CCN2CC3)c2c1OCCCO2. The van der Waals surface area contributed by atoms with Crippen molar-refractivity contribution in [1.82, 2.24) is 15.1 Å². The van der Waals surface area contributed by atoms with Gasteiger partial charge in [0.2, 0.25) is 0 Å². The zero-order valence-electron chi connectivity index (χ0n) is 14.1. The Morgan fingerprint density at radius 2 is 1.96 bits per heavy atom. The Morgan fingerprint density at radius 3 is 2.64 bits per heavy atom. The molecule has 1 aromatic rings. The molecule has 3 N–H and O–H groups in total. The minimum atomic E-state index is -0.207. The number of ether oxygens (including phenoxy) is 2. The highest BCUT2D eigenvalue weighted by Crippen LogP contribution is 2.42. The van der Waals surface area contributed by atoms with Gasteiger partial charge in [0.25, 0.3) is 5.91 Å². The van der Waals surface area contributed by atoms with Crippen molar-refractivity contribution in [3.8, 4) is 11.5 Å². The molecule has 0 saturated carbocycles. The van der Waals surface area contributed by atoms with Crippen molar-refractivity contribution in [2.45, 2.75) is 12.5 Å². The maximum atomic E-state index is 12.8. The van der Waals surface area contributed by atoms with Gasteiger partial charge in [-0.25, -0.2) is 0 Å². The van der Waals surface area contributed by atoms with Gasteiger partial charge in [0.05, 0.1) is 29.5 Å². The summed E-state index contributed by atoms with van der Waals surface area (Å²) in [5, 5.41) is 3.33. The number of carbonyl (C=O) groups is 1. The summed E-state index contributed by atoms with van der Waals surface area (Å²) >= 11 is 6.19. The Hall–Kier alpha value is -1.70. The molecule has 0 aromatic heterocycles. The molecule has 4 aliphatic rings. The summed E-state index contributed by atoms with van der Waals surface area (Å²) in [6.07, 6.45) is 0.736. The van der Waals surface area contributed by atoms with Gasteiger partial charge in [-0.2, -0.15) is 0 Å². The summed E-state index contributed by atoms with van der Waals surface area (Å²) in [7, 11) is 0. The number of fused-ring (bicyclic) bond motifs is 4. The van der Waals surface area contributed by atoms with Crippen LogP contribution in [0.15, 0.2) is 6.07 Å². The maximum Gasteiger partial charge on any atom is 0.255 e. The van der Waals surface area contributed by atoms with E-state index in [0.29, 0.717) is 53.6 Å². The van der Waals surface area contributed by atoms with Gasteiger partial charge in [0.15, 0.2) is 11.5 Å². The van der Waals surface area contributed by atoms with Gasteiger partial charge in [-0.15, -0.1) is 0 Å². The first-order valence-corrected chi connectivity index (χ1v) is 9.13. The predicted molar refractivity (Wildman–Crippen MR) is 95.6 cm³/mol. The topological polar surface area (TPSA) is 80.1 Å². The van der Waals surface area contributed by atoms with E-state index in [9.17, 15) is 4.79 Å². The molecule has 0 radical (unpaired) electrons. The predicted octanol–water partition coefficient (Wildman–Crippen LogP) is 0.813. The van der Waals surface area contributed by atoms with E-state index in [-0.39, 0.29) is 5.91 Å². The minimum Gasteiger partial charge on any atom is -0.489 e. The zero-order chi connectivity index (χ0) is 17.4. The Balaban J connectivity index is 1.51. The summed E-state index contributed by atoms with van der Waals surface area (Å²) in [6, 6.07) is 1.92. The number of rotatable bonds is 3. The van der Waals surface area contributed by atoms with E-state index in [4.69, 9.17) is 26.8 Å². The molecule has 7 nitrogen and oxygen atoms in total. The lowest BCUT2D eigenvalue weighted by Crippen LogP contribution is -2.63. The molecule has 4 aliphatic heterocycles. The van der Waals surface area contributed by atoms with Gasteiger partial charge < -0.3 is 20.5 Å². The van der Waals surface area contributed by atoms with Gasteiger partial charge in [0.1, 0.15) is 0 Å². The molecule has 2 bridgehead atoms. The molecule has 0 aliphatic carbocycles. The third-order valence-corrected chi connectivity index (χ3v) is 5.45. The Labute approximate surface area is 152 Å². The summed E-state index contributed by atoms with van der Waals surface area (Å²) in [5.41, 5.74) is 6.69. The van der Waals surface area contributed by atoms with Gasteiger partial charge >= 0.3 is 0 Å². The summed E-state index contributed by atoms with van der Waals surface area (Å²) in [6.45, 7) is 6.97. The molecule has 8 heteroatoms. The number of nitrogens with one attached hydrogen (secondary N) is 1. The van der Waals surface area contributed by atoms with E-state index in [1.807, 2.05) is 0 Å². The number of nitrogen functional groups attached to an aromatic ring is 1. The molecule has 4 heterocycles. The Kier molecular flexibility index (Phi) is 4.62. The van der Waals surface area contributed by atoms with E-state index in [1.165, 1.54) is 0 Å². The number of anilines is 1. The van der Waals surface area contributed by atoms with Crippen LogP contribution in [0.5, 0.6) is 11.5 Å². The average molecular weight is 367 g/mol. The normalized spacial score (nSPS) is 27.6. The number of piperazine rings is 3. The van der Waals surface area contributed by atoms with Crippen LogP contribution in [-0.2, 0) is 0 Å². The summed E-state index contributed by atoms with van der Waals surface area (Å²) < 4.78 is 11.4. The summed E-state index contributed by atoms with van der Waals surface area (Å²) in [5.74, 6) is 0.564. The number of nitrogens with zero attached hydrogens (tertiary/aromatic N) is 2. The average Bonchev–Trinajstić information content (AvgIpc) is 2.90. The lowest BCUT2D eigenvalue weighted by atomic mass is 10.1. The van der Waals surface area contributed by atoms with Crippen molar-refractivity contribution in [3.05, 3.63) is 16.7 Å². The van der Waals surface area contributed by atoms with Crippen LogP contribution in [0.3, 0.4) is 0 Å². The monoisotopic (exact) mass is 366 g/mol. The first-order valence-electron chi connectivity index (χ1n) is 8.75. The number of halogens is 1. The van der Waals surface area contributed by atoms with E-state index < -0.39 is 0 Å². The fraction of sp³-hybridized carbons (Fsp3) is 0.588. The molecule has 3 saturated heterocycles. The number of amides is 1. The molecule has 0 spiro atoms. The second-order valence-electron chi connectivity index (χ2n) is 6.73. The second kappa shape index (κ2) is 6.90. The number of hydrogen-bond donors (Lipinski definition) is 2. The van der Waals surface area contributed by atoms with Crippen molar-refractivity contribution >= 4 is 23.2 Å². The third kappa shape index (κ3) is 3.23. The molecule has 1 atom stereocenters. The maximum absolute atomic E-state index is 12.8. The molecule has 136 valence electrons. The van der Waals surface area contributed by atoms with Crippen molar-refractivity contribution in [2.24, 2.45) is 0 Å². The first kappa shape index (κ1) is 16.8. The summed E-state index contributed by atoms with van der Waals surface area (Å²) in [4.78, 5) is 17.6. The van der Waals surface area contributed by atoms with Crippen LogP contribution < -0.4 is 20.5 Å². The van der Waals surface area contributed by atoms with E-state index in [1.54, 1.807) is 6.07 Å². The minimum absolute atomic E-state index is 0.207. The molecule has 1 unspecified atom stereocenters. The van der Waals surface area contributed by atoms with E-state index in [0.717, 1.165) is 39.1 Å². The highest BCUT2D eigenvalue weighted by Gasteiger charge is 2.32.